The number of carbonyl (C=O) groups excluding carboxylic acids is 1. The smallest absolute Gasteiger partial charge is 0.274 e. The minimum Gasteiger partial charge on any atom is -0.383 e. The predicted octanol–water partition coefficient (Wildman–Crippen LogP) is 2.21. The molecule has 136 valence electrons. The molecule has 7 nitrogen and oxygen atoms in total. The SMILES string of the molecule is COC[C@@H]1C[C@@H](N2Cc3sc(-c4ccccc4C#N)nc3C2=O)CN1C#N. The Morgan fingerprint density at radius 3 is 2.89 bits per heavy atom. The van der Waals surface area contributed by atoms with Crippen molar-refractivity contribution < 1.29 is 9.53 Å². The minimum atomic E-state index is -0.0945. The van der Waals surface area contributed by atoms with Gasteiger partial charge in [-0.3, -0.25) is 4.79 Å². The number of likely N-dealkylation sites (tertiary alicyclic amines) is 1. The van der Waals surface area contributed by atoms with E-state index in [4.69, 9.17) is 4.74 Å². The zero-order chi connectivity index (χ0) is 19.0. The highest BCUT2D eigenvalue weighted by Gasteiger charge is 2.42. The summed E-state index contributed by atoms with van der Waals surface area (Å²) in [5, 5.41) is 19.3. The lowest BCUT2D eigenvalue weighted by molar-refractivity contribution is 0.0706. The van der Waals surface area contributed by atoms with Crippen molar-refractivity contribution >= 4 is 17.2 Å². The van der Waals surface area contributed by atoms with Crippen molar-refractivity contribution in [2.45, 2.75) is 25.0 Å². The molecule has 2 aliphatic heterocycles. The van der Waals surface area contributed by atoms with Crippen molar-refractivity contribution in [3.8, 4) is 22.8 Å². The van der Waals surface area contributed by atoms with Crippen LogP contribution in [0.15, 0.2) is 24.3 Å². The van der Waals surface area contributed by atoms with Crippen LogP contribution in [0.25, 0.3) is 10.6 Å². The molecule has 0 bridgehead atoms. The third kappa shape index (κ3) is 2.93. The van der Waals surface area contributed by atoms with Gasteiger partial charge in [0.15, 0.2) is 6.19 Å². The van der Waals surface area contributed by atoms with Crippen molar-refractivity contribution in [2.24, 2.45) is 0 Å². The van der Waals surface area contributed by atoms with Gasteiger partial charge in [-0.15, -0.1) is 11.3 Å². The van der Waals surface area contributed by atoms with Gasteiger partial charge < -0.3 is 14.5 Å². The second kappa shape index (κ2) is 6.99. The first-order valence-electron chi connectivity index (χ1n) is 8.61. The van der Waals surface area contributed by atoms with E-state index in [1.165, 1.54) is 11.3 Å². The number of ether oxygens (including phenoxy) is 1. The summed E-state index contributed by atoms with van der Waals surface area (Å²) in [4.78, 5) is 21.9. The summed E-state index contributed by atoms with van der Waals surface area (Å²) in [6, 6.07) is 9.44. The number of hydrogen-bond acceptors (Lipinski definition) is 7. The van der Waals surface area contributed by atoms with Gasteiger partial charge in [-0.2, -0.15) is 10.5 Å². The van der Waals surface area contributed by atoms with E-state index in [9.17, 15) is 15.3 Å². The zero-order valence-corrected chi connectivity index (χ0v) is 15.6. The largest absolute Gasteiger partial charge is 0.383 e. The summed E-state index contributed by atoms with van der Waals surface area (Å²) in [6.45, 7) is 1.50. The van der Waals surface area contributed by atoms with E-state index in [0.29, 0.717) is 42.4 Å². The highest BCUT2D eigenvalue weighted by atomic mass is 32.1. The van der Waals surface area contributed by atoms with E-state index in [1.54, 1.807) is 18.1 Å². The lowest BCUT2D eigenvalue weighted by Gasteiger charge is -2.22. The first-order chi connectivity index (χ1) is 13.2. The number of rotatable bonds is 4. The summed E-state index contributed by atoms with van der Waals surface area (Å²) in [6.07, 6.45) is 2.91. The summed E-state index contributed by atoms with van der Waals surface area (Å²) in [5.41, 5.74) is 1.79. The van der Waals surface area contributed by atoms with Gasteiger partial charge in [0, 0.05) is 19.2 Å². The fourth-order valence-electron chi connectivity index (χ4n) is 3.76. The molecule has 0 saturated carbocycles. The van der Waals surface area contributed by atoms with Gasteiger partial charge in [0.05, 0.1) is 41.7 Å². The van der Waals surface area contributed by atoms with Crippen LogP contribution in [0.1, 0.15) is 27.3 Å². The van der Waals surface area contributed by atoms with Crippen LogP contribution in [-0.4, -0.2) is 53.0 Å². The number of benzene rings is 1. The van der Waals surface area contributed by atoms with Crippen molar-refractivity contribution in [3.05, 3.63) is 40.4 Å². The Bertz CT molecular complexity index is 973. The second-order valence-corrected chi connectivity index (χ2v) is 7.72. The maximum atomic E-state index is 12.9. The topological polar surface area (TPSA) is 93.2 Å². The Labute approximate surface area is 161 Å². The first kappa shape index (κ1) is 17.5. The van der Waals surface area contributed by atoms with Crippen molar-refractivity contribution in [2.75, 3.05) is 20.3 Å². The Hall–Kier alpha value is -2.94. The molecule has 1 amide bonds. The van der Waals surface area contributed by atoms with Crippen LogP contribution in [0.2, 0.25) is 0 Å². The average molecular weight is 379 g/mol. The quantitative estimate of drug-likeness (QED) is 0.756. The number of nitrogens with zero attached hydrogens (tertiary/aromatic N) is 5. The zero-order valence-electron chi connectivity index (χ0n) is 14.8. The third-order valence-corrected chi connectivity index (χ3v) is 6.15. The molecule has 4 rings (SSSR count). The maximum Gasteiger partial charge on any atom is 0.274 e. The molecule has 1 saturated heterocycles. The number of amides is 1. The van der Waals surface area contributed by atoms with Gasteiger partial charge in [0.1, 0.15) is 10.7 Å². The van der Waals surface area contributed by atoms with E-state index in [1.807, 2.05) is 23.1 Å². The fraction of sp³-hybridized carbons (Fsp3) is 0.368. The molecule has 0 aliphatic carbocycles. The monoisotopic (exact) mass is 379 g/mol. The normalized spacial score (nSPS) is 21.2. The number of thiazole rings is 1. The summed E-state index contributed by atoms with van der Waals surface area (Å²) in [5.74, 6) is -0.0945. The number of carbonyl (C=O) groups is 1. The van der Waals surface area contributed by atoms with E-state index in [2.05, 4.69) is 17.2 Å². The van der Waals surface area contributed by atoms with E-state index >= 15 is 0 Å². The van der Waals surface area contributed by atoms with Crippen molar-refractivity contribution in [1.29, 1.82) is 10.5 Å². The number of nitriles is 2. The molecule has 1 fully saturated rings. The molecule has 2 aromatic rings. The van der Waals surface area contributed by atoms with Crippen LogP contribution < -0.4 is 0 Å². The van der Waals surface area contributed by atoms with Gasteiger partial charge in [-0.1, -0.05) is 18.2 Å². The minimum absolute atomic E-state index is 0.00228. The van der Waals surface area contributed by atoms with Crippen LogP contribution in [0.3, 0.4) is 0 Å². The average Bonchev–Trinajstić information content (AvgIpc) is 3.36. The van der Waals surface area contributed by atoms with Crippen LogP contribution in [0.4, 0.5) is 0 Å². The maximum absolute atomic E-state index is 12.9. The highest BCUT2D eigenvalue weighted by Crippen LogP contribution is 2.37. The lowest BCUT2D eigenvalue weighted by atomic mass is 10.1. The first-order valence-corrected chi connectivity index (χ1v) is 9.43. The molecule has 0 spiro atoms. The van der Waals surface area contributed by atoms with Crippen LogP contribution in [-0.2, 0) is 11.3 Å². The number of aromatic nitrogens is 1. The molecule has 27 heavy (non-hydrogen) atoms. The molecule has 0 unspecified atom stereocenters. The molecule has 3 heterocycles. The standard InChI is InChI=1S/C19H17N5O2S/c1-26-10-14-6-13(8-23(14)11-21)24-9-16-17(19(24)25)22-18(27-16)15-5-3-2-4-12(15)7-20/h2-5,13-14H,6,8-10H2,1H3/t13-,14+/m1/s1. The number of fused-ring (bicyclic) bond motifs is 1. The molecular weight excluding hydrogens is 362 g/mol. The van der Waals surface area contributed by atoms with Crippen LogP contribution >= 0.6 is 11.3 Å². The van der Waals surface area contributed by atoms with Crippen LogP contribution in [0, 0.1) is 22.8 Å². The summed E-state index contributed by atoms with van der Waals surface area (Å²) >= 11 is 1.46. The van der Waals surface area contributed by atoms with E-state index in [0.717, 1.165) is 10.4 Å². The molecule has 0 N–H and O–H groups in total. The van der Waals surface area contributed by atoms with Gasteiger partial charge in [-0.25, -0.2) is 4.98 Å². The van der Waals surface area contributed by atoms with E-state index in [-0.39, 0.29) is 18.0 Å². The van der Waals surface area contributed by atoms with Crippen LogP contribution in [0.5, 0.6) is 0 Å². The highest BCUT2D eigenvalue weighted by molar-refractivity contribution is 7.15. The lowest BCUT2D eigenvalue weighted by Crippen LogP contribution is -2.37. The Morgan fingerprint density at radius 1 is 1.37 bits per heavy atom. The molecule has 1 aromatic carbocycles. The molecular formula is C19H17N5O2S. The third-order valence-electron chi connectivity index (χ3n) is 5.07. The Balaban J connectivity index is 1.56. The summed E-state index contributed by atoms with van der Waals surface area (Å²) < 4.78 is 5.20. The Kier molecular flexibility index (Phi) is 4.53. The van der Waals surface area contributed by atoms with Gasteiger partial charge in [0.2, 0.25) is 0 Å². The Morgan fingerprint density at radius 2 is 2.19 bits per heavy atom. The molecule has 2 aliphatic rings. The fourth-order valence-corrected chi connectivity index (χ4v) is 4.85. The second-order valence-electron chi connectivity index (χ2n) is 6.63. The molecule has 2 atom stereocenters. The van der Waals surface area contributed by atoms with Crippen molar-refractivity contribution in [3.63, 3.8) is 0 Å². The van der Waals surface area contributed by atoms with Crippen molar-refractivity contribution in [1.82, 2.24) is 14.8 Å². The molecule has 8 heteroatoms. The van der Waals surface area contributed by atoms with E-state index < -0.39 is 0 Å². The van der Waals surface area contributed by atoms with Gasteiger partial charge >= 0.3 is 0 Å². The number of hydrogen-bond donors (Lipinski definition) is 0. The molecule has 0 radical (unpaired) electrons. The van der Waals surface area contributed by atoms with Gasteiger partial charge in [-0.05, 0) is 12.5 Å². The predicted molar refractivity (Wildman–Crippen MR) is 98.5 cm³/mol. The summed E-state index contributed by atoms with van der Waals surface area (Å²) in [7, 11) is 1.62. The van der Waals surface area contributed by atoms with Gasteiger partial charge in [0.25, 0.3) is 5.91 Å². The molecule has 1 aromatic heterocycles. The number of methoxy groups -OCH3 is 1.